The van der Waals surface area contributed by atoms with E-state index in [1.165, 1.54) is 6.33 Å². The number of imidazole rings is 1. The van der Waals surface area contributed by atoms with E-state index in [9.17, 15) is 13.2 Å². The summed E-state index contributed by atoms with van der Waals surface area (Å²) in [6.45, 7) is 1.18. The van der Waals surface area contributed by atoms with Gasteiger partial charge in [0.05, 0.1) is 27.2 Å². The smallest absolute Gasteiger partial charge is 0.393 e. The van der Waals surface area contributed by atoms with E-state index in [1.807, 2.05) is 41.3 Å². The molecule has 2 N–H and O–H groups in total. The van der Waals surface area contributed by atoms with Crippen molar-refractivity contribution in [2.24, 2.45) is 5.92 Å². The van der Waals surface area contributed by atoms with Crippen LogP contribution in [0, 0.1) is 5.92 Å². The van der Waals surface area contributed by atoms with Crippen molar-refractivity contribution in [3.63, 3.8) is 0 Å². The lowest BCUT2D eigenvalue weighted by molar-refractivity contribution is -0.193. The van der Waals surface area contributed by atoms with Crippen LogP contribution < -0.4 is 19.5 Å². The zero-order chi connectivity index (χ0) is 28.3. The maximum absolute atomic E-state index is 14.3. The molecule has 0 bridgehead atoms. The van der Waals surface area contributed by atoms with Crippen LogP contribution in [0.5, 0.6) is 17.2 Å². The van der Waals surface area contributed by atoms with Crippen LogP contribution in [0.3, 0.4) is 0 Å². The Labute approximate surface area is 229 Å². The number of alkyl halides is 3. The van der Waals surface area contributed by atoms with Gasteiger partial charge in [-0.15, -0.1) is 0 Å². The van der Waals surface area contributed by atoms with Gasteiger partial charge < -0.3 is 24.5 Å². The SMILES string of the molecule is COc1ccc(CN2CCC(c3nc4ncnc(NCc5ccc(OC)cc5OC)c4[nH]3)C(C(F)(F)F)C2)cc1. The van der Waals surface area contributed by atoms with Crippen LogP contribution in [0.15, 0.2) is 48.8 Å². The number of aromatic amines is 1. The van der Waals surface area contributed by atoms with Crippen molar-refractivity contribution in [3.8, 4) is 17.2 Å². The van der Waals surface area contributed by atoms with Crippen molar-refractivity contribution < 1.29 is 27.4 Å². The number of nitrogens with one attached hydrogen (secondary N) is 2. The summed E-state index contributed by atoms with van der Waals surface area (Å²) in [6, 6.07) is 12.9. The van der Waals surface area contributed by atoms with Crippen LogP contribution in [-0.2, 0) is 13.1 Å². The molecule has 2 atom stereocenters. The minimum absolute atomic E-state index is 0.120. The molecule has 1 fully saturated rings. The van der Waals surface area contributed by atoms with Gasteiger partial charge in [0.15, 0.2) is 11.5 Å². The first kappa shape index (κ1) is 27.5. The number of H-pyrrole nitrogens is 1. The predicted molar refractivity (Wildman–Crippen MR) is 144 cm³/mol. The molecule has 0 radical (unpaired) electrons. The summed E-state index contributed by atoms with van der Waals surface area (Å²) in [5, 5.41) is 3.23. The molecule has 0 aliphatic carbocycles. The molecule has 0 saturated carbocycles. The van der Waals surface area contributed by atoms with Crippen LogP contribution >= 0.6 is 0 Å². The Morgan fingerprint density at radius 2 is 1.75 bits per heavy atom. The monoisotopic (exact) mass is 556 g/mol. The largest absolute Gasteiger partial charge is 0.497 e. The third-order valence-electron chi connectivity index (χ3n) is 7.28. The molecule has 2 aromatic heterocycles. The number of piperidine rings is 1. The lowest BCUT2D eigenvalue weighted by atomic mass is 9.84. The molecule has 2 aromatic carbocycles. The highest BCUT2D eigenvalue weighted by molar-refractivity contribution is 5.82. The number of aromatic nitrogens is 4. The maximum atomic E-state index is 14.3. The number of hydrogen-bond donors (Lipinski definition) is 2. The molecule has 1 aliphatic heterocycles. The van der Waals surface area contributed by atoms with E-state index < -0.39 is 18.0 Å². The molecule has 4 aromatic rings. The van der Waals surface area contributed by atoms with Gasteiger partial charge >= 0.3 is 6.18 Å². The van der Waals surface area contributed by atoms with Crippen LogP contribution in [0.1, 0.15) is 29.3 Å². The Kier molecular flexibility index (Phi) is 7.97. The van der Waals surface area contributed by atoms with E-state index in [4.69, 9.17) is 14.2 Å². The topological polar surface area (TPSA) is 97.4 Å². The quantitative estimate of drug-likeness (QED) is 0.292. The first-order valence-electron chi connectivity index (χ1n) is 12.9. The summed E-state index contributed by atoms with van der Waals surface area (Å²) in [6.07, 6.45) is -2.74. The molecule has 9 nitrogen and oxygen atoms in total. The predicted octanol–water partition coefficient (Wildman–Crippen LogP) is 5.16. The van der Waals surface area contributed by atoms with Gasteiger partial charge in [0, 0.05) is 37.2 Å². The number of hydrogen-bond acceptors (Lipinski definition) is 8. The number of likely N-dealkylation sites (tertiary alicyclic amines) is 1. The summed E-state index contributed by atoms with van der Waals surface area (Å²) in [5.74, 6) is 0.327. The standard InChI is InChI=1S/C28H31F3N6O3/c1-38-19-7-4-17(5-8-19)14-37-11-10-21(22(15-37)28(29,30)31)25-35-24-26(33-16-34-27(24)36-25)32-13-18-6-9-20(39-2)12-23(18)40-3/h4-9,12,16,21-22H,10-11,13-15H2,1-3H3,(H2,32,33,34,35,36). The molecule has 1 saturated heterocycles. The van der Waals surface area contributed by atoms with Gasteiger partial charge in [-0.1, -0.05) is 12.1 Å². The number of methoxy groups -OCH3 is 3. The van der Waals surface area contributed by atoms with E-state index in [-0.39, 0.29) is 12.4 Å². The van der Waals surface area contributed by atoms with Gasteiger partial charge in [-0.25, -0.2) is 15.0 Å². The minimum atomic E-state index is -4.39. The second kappa shape index (κ2) is 11.6. The summed E-state index contributed by atoms with van der Waals surface area (Å²) in [5.41, 5.74) is 2.57. The highest BCUT2D eigenvalue weighted by Gasteiger charge is 2.49. The maximum Gasteiger partial charge on any atom is 0.393 e. The molecule has 3 heterocycles. The highest BCUT2D eigenvalue weighted by Crippen LogP contribution is 2.43. The fraction of sp³-hybridized carbons (Fsp3) is 0.393. The van der Waals surface area contributed by atoms with E-state index in [0.717, 1.165) is 11.1 Å². The summed E-state index contributed by atoms with van der Waals surface area (Å²) in [7, 11) is 4.73. The molecule has 0 spiro atoms. The lowest BCUT2D eigenvalue weighted by Crippen LogP contribution is -2.45. The number of rotatable bonds is 9. The number of nitrogens with zero attached hydrogens (tertiary/aromatic N) is 4. The number of benzene rings is 2. The summed E-state index contributed by atoms with van der Waals surface area (Å²) < 4.78 is 58.8. The lowest BCUT2D eigenvalue weighted by Gasteiger charge is -2.38. The average Bonchev–Trinajstić information content (AvgIpc) is 3.41. The Bertz CT molecular complexity index is 1440. The first-order valence-corrected chi connectivity index (χ1v) is 12.9. The molecular formula is C28H31F3N6O3. The second-order valence-corrected chi connectivity index (χ2v) is 9.70. The van der Waals surface area contributed by atoms with Crippen molar-refractivity contribution in [3.05, 3.63) is 65.7 Å². The fourth-order valence-electron chi connectivity index (χ4n) is 5.14. The van der Waals surface area contributed by atoms with Crippen molar-refractivity contribution in [1.82, 2.24) is 24.8 Å². The summed E-state index contributed by atoms with van der Waals surface area (Å²) in [4.78, 5) is 18.0. The van der Waals surface area contributed by atoms with Crippen LogP contribution in [0.4, 0.5) is 19.0 Å². The van der Waals surface area contributed by atoms with Crippen LogP contribution in [-0.4, -0.2) is 65.4 Å². The fourth-order valence-corrected chi connectivity index (χ4v) is 5.14. The van der Waals surface area contributed by atoms with Crippen molar-refractivity contribution >= 4 is 17.0 Å². The van der Waals surface area contributed by atoms with Gasteiger partial charge in [-0.2, -0.15) is 13.2 Å². The number of fused-ring (bicyclic) bond motifs is 1. The highest BCUT2D eigenvalue weighted by atomic mass is 19.4. The Hall–Kier alpha value is -4.06. The van der Waals surface area contributed by atoms with Gasteiger partial charge in [0.1, 0.15) is 34.9 Å². The van der Waals surface area contributed by atoms with Crippen molar-refractivity contribution in [2.75, 3.05) is 39.7 Å². The number of anilines is 1. The molecule has 40 heavy (non-hydrogen) atoms. The Balaban J connectivity index is 1.34. The normalized spacial score (nSPS) is 18.1. The molecule has 12 heteroatoms. The first-order chi connectivity index (χ1) is 19.3. The summed E-state index contributed by atoms with van der Waals surface area (Å²) >= 11 is 0. The van der Waals surface area contributed by atoms with Gasteiger partial charge in [0.2, 0.25) is 0 Å². The molecule has 2 unspecified atom stereocenters. The van der Waals surface area contributed by atoms with E-state index in [1.54, 1.807) is 27.4 Å². The Morgan fingerprint density at radius 3 is 2.45 bits per heavy atom. The van der Waals surface area contributed by atoms with Crippen molar-refractivity contribution in [1.29, 1.82) is 0 Å². The zero-order valence-corrected chi connectivity index (χ0v) is 22.5. The van der Waals surface area contributed by atoms with Crippen molar-refractivity contribution in [2.45, 2.75) is 31.6 Å². The zero-order valence-electron chi connectivity index (χ0n) is 22.5. The molecule has 1 aliphatic rings. The van der Waals surface area contributed by atoms with Gasteiger partial charge in [0.25, 0.3) is 0 Å². The third kappa shape index (κ3) is 5.91. The molecule has 0 amide bonds. The molecular weight excluding hydrogens is 525 g/mol. The van der Waals surface area contributed by atoms with Gasteiger partial charge in [-0.3, -0.25) is 4.90 Å². The second-order valence-electron chi connectivity index (χ2n) is 9.70. The third-order valence-corrected chi connectivity index (χ3v) is 7.28. The van der Waals surface area contributed by atoms with Gasteiger partial charge in [-0.05, 0) is 42.8 Å². The van der Waals surface area contributed by atoms with Crippen LogP contribution in [0.2, 0.25) is 0 Å². The number of ether oxygens (including phenoxy) is 3. The van der Waals surface area contributed by atoms with Crippen LogP contribution in [0.25, 0.3) is 11.2 Å². The molecule has 5 rings (SSSR count). The van der Waals surface area contributed by atoms with E-state index >= 15 is 0 Å². The molecule has 212 valence electrons. The Morgan fingerprint density at radius 1 is 1.00 bits per heavy atom. The van der Waals surface area contributed by atoms with E-state index in [0.29, 0.717) is 60.3 Å². The number of halogens is 3. The average molecular weight is 557 g/mol. The van der Waals surface area contributed by atoms with E-state index in [2.05, 4.69) is 25.3 Å². The minimum Gasteiger partial charge on any atom is -0.497 e.